The van der Waals surface area contributed by atoms with Gasteiger partial charge in [-0.1, -0.05) is 6.07 Å². The van der Waals surface area contributed by atoms with Crippen LogP contribution in [0.4, 0.5) is 5.69 Å². The predicted molar refractivity (Wildman–Crippen MR) is 72.7 cm³/mol. The molecule has 1 atom stereocenters. The largest absolute Gasteiger partial charge is 0.478 e. The van der Waals surface area contributed by atoms with Gasteiger partial charge in [0.05, 0.1) is 11.3 Å². The van der Waals surface area contributed by atoms with Crippen LogP contribution in [0.15, 0.2) is 12.1 Å². The van der Waals surface area contributed by atoms with Crippen molar-refractivity contribution in [2.24, 2.45) is 0 Å². The van der Waals surface area contributed by atoms with Crippen molar-refractivity contribution in [1.82, 2.24) is 5.32 Å². The van der Waals surface area contributed by atoms with Crippen molar-refractivity contribution in [3.05, 3.63) is 28.8 Å². The lowest BCUT2D eigenvalue weighted by atomic mass is 10.0. The Morgan fingerprint density at radius 3 is 2.60 bits per heavy atom. The van der Waals surface area contributed by atoms with Gasteiger partial charge in [0.25, 0.3) is 0 Å². The molecular formula is C14H16N2O4. The van der Waals surface area contributed by atoms with E-state index in [1.165, 1.54) is 6.07 Å². The Morgan fingerprint density at radius 2 is 2.05 bits per heavy atom. The molecular weight excluding hydrogens is 260 g/mol. The van der Waals surface area contributed by atoms with Crippen LogP contribution in [0.2, 0.25) is 0 Å². The fraction of sp³-hybridized carbons (Fsp3) is 0.357. The summed E-state index contributed by atoms with van der Waals surface area (Å²) in [4.78, 5) is 34.4. The van der Waals surface area contributed by atoms with Crippen molar-refractivity contribution in [2.45, 2.75) is 32.7 Å². The highest BCUT2D eigenvalue weighted by atomic mass is 16.4. The second-order valence-electron chi connectivity index (χ2n) is 4.96. The molecule has 1 heterocycles. The van der Waals surface area contributed by atoms with E-state index in [9.17, 15) is 19.5 Å². The number of carboxylic acid groups (broad SMARTS) is 1. The van der Waals surface area contributed by atoms with Gasteiger partial charge in [0.1, 0.15) is 6.04 Å². The highest BCUT2D eigenvalue weighted by Crippen LogP contribution is 2.23. The second kappa shape index (κ2) is 5.32. The number of aromatic carboxylic acids is 1. The quantitative estimate of drug-likeness (QED) is 0.773. The standard InChI is InChI=1S/C14H16N2O4/c1-7-5-8(2)12(9(6-7)14(19)20)16-13(18)10-3-4-11(17)15-10/h5-6,10H,3-4H2,1-2H3,(H,15,17)(H,16,18)(H,19,20)/t10-/m1/s1. The third-order valence-electron chi connectivity index (χ3n) is 3.27. The molecule has 0 aliphatic carbocycles. The van der Waals surface area contributed by atoms with Crippen molar-refractivity contribution in [3.63, 3.8) is 0 Å². The van der Waals surface area contributed by atoms with Gasteiger partial charge >= 0.3 is 5.97 Å². The van der Waals surface area contributed by atoms with E-state index in [0.717, 1.165) is 5.56 Å². The number of amides is 2. The minimum atomic E-state index is -1.09. The first-order valence-corrected chi connectivity index (χ1v) is 6.33. The zero-order valence-electron chi connectivity index (χ0n) is 11.3. The topological polar surface area (TPSA) is 95.5 Å². The van der Waals surface area contributed by atoms with E-state index in [1.54, 1.807) is 19.9 Å². The SMILES string of the molecule is Cc1cc(C)c(NC(=O)[C@H]2CCC(=O)N2)c(C(=O)O)c1. The van der Waals surface area contributed by atoms with Gasteiger partial charge in [-0.25, -0.2) is 4.79 Å². The number of nitrogens with one attached hydrogen (secondary N) is 2. The molecule has 0 saturated carbocycles. The molecule has 1 aromatic rings. The first kappa shape index (κ1) is 14.0. The molecule has 6 nitrogen and oxygen atoms in total. The average Bonchev–Trinajstić information content (AvgIpc) is 2.78. The number of anilines is 1. The molecule has 1 fully saturated rings. The Labute approximate surface area is 116 Å². The lowest BCUT2D eigenvalue weighted by Gasteiger charge is -2.15. The number of hydrogen-bond acceptors (Lipinski definition) is 3. The number of benzene rings is 1. The van der Waals surface area contributed by atoms with Crippen LogP contribution in [0.25, 0.3) is 0 Å². The Balaban J connectivity index is 2.26. The van der Waals surface area contributed by atoms with Gasteiger partial charge in [-0.15, -0.1) is 0 Å². The Kier molecular flexibility index (Phi) is 3.74. The molecule has 1 aromatic carbocycles. The fourth-order valence-electron chi connectivity index (χ4n) is 2.32. The molecule has 2 rings (SSSR count). The van der Waals surface area contributed by atoms with Gasteiger partial charge in [0.2, 0.25) is 11.8 Å². The molecule has 3 N–H and O–H groups in total. The molecule has 0 radical (unpaired) electrons. The first-order valence-electron chi connectivity index (χ1n) is 6.33. The maximum atomic E-state index is 12.1. The first-order chi connectivity index (χ1) is 9.38. The molecule has 106 valence electrons. The third kappa shape index (κ3) is 2.79. The van der Waals surface area contributed by atoms with Gasteiger partial charge in [-0.3, -0.25) is 9.59 Å². The molecule has 1 aliphatic rings. The van der Waals surface area contributed by atoms with Crippen LogP contribution in [-0.4, -0.2) is 28.9 Å². The second-order valence-corrected chi connectivity index (χ2v) is 4.96. The highest BCUT2D eigenvalue weighted by Gasteiger charge is 2.28. The molecule has 0 bridgehead atoms. The third-order valence-corrected chi connectivity index (χ3v) is 3.27. The van der Waals surface area contributed by atoms with E-state index < -0.39 is 12.0 Å². The maximum absolute atomic E-state index is 12.1. The molecule has 20 heavy (non-hydrogen) atoms. The van der Waals surface area contributed by atoms with Crippen LogP contribution in [0.5, 0.6) is 0 Å². The molecule has 1 aliphatic heterocycles. The zero-order valence-corrected chi connectivity index (χ0v) is 11.3. The van der Waals surface area contributed by atoms with E-state index in [1.807, 2.05) is 0 Å². The highest BCUT2D eigenvalue weighted by molar-refractivity contribution is 6.04. The fourth-order valence-corrected chi connectivity index (χ4v) is 2.32. The van der Waals surface area contributed by atoms with Crippen LogP contribution in [0.1, 0.15) is 34.3 Å². The number of carbonyl (C=O) groups is 3. The van der Waals surface area contributed by atoms with Crippen LogP contribution >= 0.6 is 0 Å². The van der Waals surface area contributed by atoms with Crippen molar-refractivity contribution < 1.29 is 19.5 Å². The summed E-state index contributed by atoms with van der Waals surface area (Å²) >= 11 is 0. The van der Waals surface area contributed by atoms with E-state index in [0.29, 0.717) is 18.4 Å². The predicted octanol–water partition coefficient (Wildman–Crippen LogP) is 1.22. The summed E-state index contributed by atoms with van der Waals surface area (Å²) in [6, 6.07) is 2.72. The summed E-state index contributed by atoms with van der Waals surface area (Å²) < 4.78 is 0. The summed E-state index contributed by atoms with van der Waals surface area (Å²) in [7, 11) is 0. The number of carboxylic acids is 1. The van der Waals surface area contributed by atoms with Crippen molar-refractivity contribution in [3.8, 4) is 0 Å². The molecule has 1 saturated heterocycles. The van der Waals surface area contributed by atoms with E-state index in [2.05, 4.69) is 10.6 Å². The summed E-state index contributed by atoms with van der Waals surface area (Å²) in [6.07, 6.45) is 0.745. The Bertz CT molecular complexity index is 595. The van der Waals surface area contributed by atoms with Gasteiger partial charge in [-0.05, 0) is 37.5 Å². The van der Waals surface area contributed by atoms with Gasteiger partial charge in [0, 0.05) is 6.42 Å². The summed E-state index contributed by atoms with van der Waals surface area (Å²) in [5.74, 6) is -1.64. The molecule has 0 spiro atoms. The van der Waals surface area contributed by atoms with Crippen LogP contribution in [0, 0.1) is 13.8 Å². The zero-order chi connectivity index (χ0) is 14.9. The van der Waals surface area contributed by atoms with Gasteiger partial charge in [-0.2, -0.15) is 0 Å². The van der Waals surface area contributed by atoms with Crippen molar-refractivity contribution in [1.29, 1.82) is 0 Å². The lowest BCUT2D eigenvalue weighted by Crippen LogP contribution is -2.37. The summed E-state index contributed by atoms with van der Waals surface area (Å²) in [5, 5.41) is 14.4. The minimum Gasteiger partial charge on any atom is -0.478 e. The van der Waals surface area contributed by atoms with Crippen LogP contribution < -0.4 is 10.6 Å². The van der Waals surface area contributed by atoms with E-state index >= 15 is 0 Å². The van der Waals surface area contributed by atoms with E-state index in [-0.39, 0.29) is 23.1 Å². The summed E-state index contributed by atoms with van der Waals surface area (Å²) in [6.45, 7) is 3.53. The summed E-state index contributed by atoms with van der Waals surface area (Å²) in [5.41, 5.74) is 1.83. The number of rotatable bonds is 3. The molecule has 0 unspecified atom stereocenters. The maximum Gasteiger partial charge on any atom is 0.337 e. The monoisotopic (exact) mass is 276 g/mol. The number of carbonyl (C=O) groups excluding carboxylic acids is 2. The Morgan fingerprint density at radius 1 is 1.35 bits per heavy atom. The van der Waals surface area contributed by atoms with Crippen molar-refractivity contribution >= 4 is 23.5 Å². The van der Waals surface area contributed by atoms with Crippen LogP contribution in [0.3, 0.4) is 0 Å². The molecule has 6 heteroatoms. The Hall–Kier alpha value is -2.37. The van der Waals surface area contributed by atoms with Gasteiger partial charge in [0.15, 0.2) is 0 Å². The van der Waals surface area contributed by atoms with Gasteiger partial charge < -0.3 is 15.7 Å². The average molecular weight is 276 g/mol. The van der Waals surface area contributed by atoms with Crippen molar-refractivity contribution in [2.75, 3.05) is 5.32 Å². The lowest BCUT2D eigenvalue weighted by molar-refractivity contribution is -0.122. The molecule has 2 amide bonds. The van der Waals surface area contributed by atoms with E-state index in [4.69, 9.17) is 0 Å². The minimum absolute atomic E-state index is 0.0557. The molecule has 0 aromatic heterocycles. The normalized spacial score (nSPS) is 17.7. The smallest absolute Gasteiger partial charge is 0.337 e. The number of aryl methyl sites for hydroxylation is 2. The van der Waals surface area contributed by atoms with Crippen LogP contribution in [-0.2, 0) is 9.59 Å². The number of hydrogen-bond donors (Lipinski definition) is 3.